The summed E-state index contributed by atoms with van der Waals surface area (Å²) in [4.78, 5) is 24.7. The summed E-state index contributed by atoms with van der Waals surface area (Å²) < 4.78 is 72.3. The maximum Gasteiger partial charge on any atom is 0.490 e. The Kier molecular flexibility index (Phi) is 9.86. The molecule has 0 aliphatic carbocycles. The van der Waals surface area contributed by atoms with Crippen molar-refractivity contribution < 1.29 is 50.9 Å². The standard InChI is InChI=1S/C23H26N4O.2C2HF3O2/c1-17(2)27-22-19-8-3-4-9-21(19)28-23(20(22)15-25-27)10-13-26(14-11-23)16-18-7-5-6-12-24-18;2*3-2(4,5)1(6)7/h3-9,12,15,17H,10-11,13-14,16H2,1-2H3;2*(H,6,7). The van der Waals surface area contributed by atoms with Gasteiger partial charge in [-0.3, -0.25) is 14.6 Å². The van der Waals surface area contributed by atoms with Crippen molar-refractivity contribution in [2.45, 2.75) is 57.2 Å². The number of rotatable bonds is 3. The molecule has 15 heteroatoms. The molecule has 1 spiro atoms. The van der Waals surface area contributed by atoms with Gasteiger partial charge in [-0.05, 0) is 38.1 Å². The summed E-state index contributed by atoms with van der Waals surface area (Å²) in [6.45, 7) is 7.25. The molecule has 1 aromatic carbocycles. The molecule has 9 nitrogen and oxygen atoms in total. The predicted octanol–water partition coefficient (Wildman–Crippen LogP) is 5.68. The van der Waals surface area contributed by atoms with Crippen LogP contribution in [0.3, 0.4) is 0 Å². The molecule has 0 bridgehead atoms. The van der Waals surface area contributed by atoms with Gasteiger partial charge in [0.25, 0.3) is 0 Å². The highest BCUT2D eigenvalue weighted by atomic mass is 19.4. The first-order valence-corrected chi connectivity index (χ1v) is 12.6. The van der Waals surface area contributed by atoms with Crippen LogP contribution >= 0.6 is 0 Å². The van der Waals surface area contributed by atoms with Crippen molar-refractivity contribution in [2.75, 3.05) is 13.1 Å². The molecule has 42 heavy (non-hydrogen) atoms. The minimum atomic E-state index is -5.08. The molecule has 2 aliphatic rings. The average Bonchev–Trinajstić information content (AvgIpc) is 3.38. The second-order valence-corrected chi connectivity index (χ2v) is 9.74. The lowest BCUT2D eigenvalue weighted by molar-refractivity contribution is -0.193. The molecule has 0 unspecified atom stereocenters. The second-order valence-electron chi connectivity index (χ2n) is 9.74. The third kappa shape index (κ3) is 7.78. The van der Waals surface area contributed by atoms with Crippen molar-refractivity contribution in [1.29, 1.82) is 0 Å². The van der Waals surface area contributed by atoms with Crippen molar-refractivity contribution >= 4 is 11.9 Å². The fourth-order valence-corrected chi connectivity index (χ4v) is 4.54. The Bertz CT molecular complexity index is 1340. The maximum absolute atomic E-state index is 10.6. The van der Waals surface area contributed by atoms with Gasteiger partial charge in [-0.15, -0.1) is 0 Å². The van der Waals surface area contributed by atoms with Gasteiger partial charge >= 0.3 is 24.3 Å². The van der Waals surface area contributed by atoms with E-state index in [1.807, 2.05) is 18.5 Å². The third-order valence-corrected chi connectivity index (χ3v) is 6.48. The third-order valence-electron chi connectivity index (χ3n) is 6.48. The molecule has 4 heterocycles. The van der Waals surface area contributed by atoms with Crippen LogP contribution in [0.15, 0.2) is 54.9 Å². The van der Waals surface area contributed by atoms with E-state index < -0.39 is 24.3 Å². The zero-order chi connectivity index (χ0) is 31.3. The summed E-state index contributed by atoms with van der Waals surface area (Å²) in [5.74, 6) is -4.53. The quantitative estimate of drug-likeness (QED) is 0.368. The van der Waals surface area contributed by atoms with Crippen molar-refractivity contribution in [1.82, 2.24) is 19.7 Å². The van der Waals surface area contributed by atoms with Crippen LogP contribution in [0.25, 0.3) is 11.3 Å². The maximum atomic E-state index is 10.6. The number of pyridine rings is 1. The number of ether oxygens (including phenoxy) is 1. The second kappa shape index (κ2) is 12.8. The topological polar surface area (TPSA) is 118 Å². The number of para-hydroxylation sites is 1. The van der Waals surface area contributed by atoms with E-state index in [0.717, 1.165) is 49.5 Å². The van der Waals surface area contributed by atoms with Gasteiger partial charge in [0, 0.05) is 55.8 Å². The van der Waals surface area contributed by atoms with Gasteiger partial charge in [-0.1, -0.05) is 18.2 Å². The predicted molar refractivity (Wildman–Crippen MR) is 136 cm³/mol. The Balaban J connectivity index is 0.000000289. The van der Waals surface area contributed by atoms with Gasteiger partial charge in [-0.25, -0.2) is 9.59 Å². The largest absolute Gasteiger partial charge is 0.490 e. The summed E-state index contributed by atoms with van der Waals surface area (Å²) in [7, 11) is 0. The zero-order valence-electron chi connectivity index (χ0n) is 22.5. The number of carboxylic acid groups (broad SMARTS) is 2. The van der Waals surface area contributed by atoms with Crippen LogP contribution in [0.1, 0.15) is 44.0 Å². The molecule has 3 aromatic rings. The SMILES string of the molecule is CC(C)n1ncc2c1-c1ccccc1OC21CCN(Cc2ccccn2)CC1.O=C(O)C(F)(F)F.O=C(O)C(F)(F)F. The summed E-state index contributed by atoms with van der Waals surface area (Å²) in [5, 5.41) is 19.0. The van der Waals surface area contributed by atoms with Gasteiger partial charge < -0.3 is 14.9 Å². The molecule has 1 saturated heterocycles. The Morgan fingerprint density at radius 3 is 2.00 bits per heavy atom. The van der Waals surface area contributed by atoms with E-state index in [2.05, 4.69) is 64.8 Å². The van der Waals surface area contributed by atoms with Gasteiger partial charge in [0.2, 0.25) is 0 Å². The van der Waals surface area contributed by atoms with Crippen LogP contribution in [0.5, 0.6) is 5.75 Å². The normalized spacial score (nSPS) is 15.7. The lowest BCUT2D eigenvalue weighted by atomic mass is 9.81. The number of likely N-dealkylation sites (tertiary alicyclic amines) is 1. The van der Waals surface area contributed by atoms with Crippen LogP contribution in [0.4, 0.5) is 26.3 Å². The highest BCUT2D eigenvalue weighted by Crippen LogP contribution is 2.50. The number of nitrogens with zero attached hydrogens (tertiary/aromatic N) is 4. The first-order chi connectivity index (χ1) is 19.5. The van der Waals surface area contributed by atoms with Crippen molar-refractivity contribution in [3.63, 3.8) is 0 Å². The highest BCUT2D eigenvalue weighted by Gasteiger charge is 2.45. The number of carbonyl (C=O) groups is 2. The Hall–Kier alpha value is -4.14. The van der Waals surface area contributed by atoms with Gasteiger partial charge in [0.05, 0.1) is 17.6 Å². The average molecular weight is 603 g/mol. The number of aromatic nitrogens is 3. The number of carboxylic acids is 2. The lowest BCUT2D eigenvalue weighted by Crippen LogP contribution is -2.47. The number of halogens is 6. The van der Waals surface area contributed by atoms with Crippen LogP contribution in [-0.4, -0.2) is 67.3 Å². The van der Waals surface area contributed by atoms with Gasteiger partial charge in [0.15, 0.2) is 0 Å². The molecule has 0 saturated carbocycles. The van der Waals surface area contributed by atoms with E-state index in [1.165, 1.54) is 11.3 Å². The first kappa shape index (κ1) is 32.4. The Morgan fingerprint density at radius 1 is 0.952 bits per heavy atom. The Labute approximate surface area is 236 Å². The van der Waals surface area contributed by atoms with Crippen molar-refractivity contribution in [3.05, 3.63) is 66.1 Å². The Morgan fingerprint density at radius 2 is 1.50 bits per heavy atom. The van der Waals surface area contributed by atoms with E-state index in [0.29, 0.717) is 6.04 Å². The number of hydrogen-bond acceptors (Lipinski definition) is 6. The number of benzene rings is 1. The molecule has 1 fully saturated rings. The van der Waals surface area contributed by atoms with E-state index in [9.17, 15) is 26.3 Å². The molecule has 2 aromatic heterocycles. The van der Waals surface area contributed by atoms with Crippen LogP contribution in [0.2, 0.25) is 0 Å². The van der Waals surface area contributed by atoms with Gasteiger partial charge in [0.1, 0.15) is 11.4 Å². The van der Waals surface area contributed by atoms with Crippen LogP contribution in [0, 0.1) is 0 Å². The molecule has 0 atom stereocenters. The molecule has 0 radical (unpaired) electrons. The summed E-state index contributed by atoms with van der Waals surface area (Å²) in [5.41, 5.74) is 4.48. The fourth-order valence-electron chi connectivity index (χ4n) is 4.54. The smallest absolute Gasteiger partial charge is 0.482 e. The van der Waals surface area contributed by atoms with Crippen LogP contribution < -0.4 is 4.74 Å². The van der Waals surface area contributed by atoms with E-state index in [4.69, 9.17) is 29.6 Å². The molecule has 2 aliphatic heterocycles. The number of hydrogen-bond donors (Lipinski definition) is 2. The minimum absolute atomic E-state index is 0.280. The zero-order valence-corrected chi connectivity index (χ0v) is 22.5. The van der Waals surface area contributed by atoms with Crippen LogP contribution in [-0.2, 0) is 21.7 Å². The monoisotopic (exact) mass is 602 g/mol. The highest BCUT2D eigenvalue weighted by molar-refractivity contribution is 5.74. The molecular formula is C27H28F6N4O5. The first-order valence-electron chi connectivity index (χ1n) is 12.6. The molecule has 2 N–H and O–H groups in total. The fraction of sp³-hybridized carbons (Fsp3) is 0.407. The molecule has 0 amide bonds. The van der Waals surface area contributed by atoms with E-state index in [-0.39, 0.29) is 5.60 Å². The van der Waals surface area contributed by atoms with E-state index in [1.54, 1.807) is 0 Å². The lowest BCUT2D eigenvalue weighted by Gasteiger charge is -2.44. The molecule has 228 valence electrons. The number of fused-ring (bicyclic) bond motifs is 4. The molecular weight excluding hydrogens is 574 g/mol. The van der Waals surface area contributed by atoms with Crippen molar-refractivity contribution in [2.24, 2.45) is 0 Å². The minimum Gasteiger partial charge on any atom is -0.482 e. The number of piperidine rings is 1. The summed E-state index contributed by atoms with van der Waals surface area (Å²) in [6, 6.07) is 14.8. The number of aliphatic carboxylic acids is 2. The summed E-state index contributed by atoms with van der Waals surface area (Å²) in [6.07, 6.45) is -4.33. The van der Waals surface area contributed by atoms with Crippen molar-refractivity contribution in [3.8, 4) is 17.0 Å². The summed E-state index contributed by atoms with van der Waals surface area (Å²) >= 11 is 0. The molecule has 5 rings (SSSR count). The number of alkyl halides is 6. The van der Waals surface area contributed by atoms with Gasteiger partial charge in [-0.2, -0.15) is 31.4 Å². The van der Waals surface area contributed by atoms with E-state index >= 15 is 0 Å².